The third-order valence-corrected chi connectivity index (χ3v) is 5.57. The molecule has 0 radical (unpaired) electrons. The minimum atomic E-state index is 0.220. The van der Waals surface area contributed by atoms with E-state index in [1.807, 2.05) is 18.5 Å². The predicted molar refractivity (Wildman–Crippen MR) is 103 cm³/mol. The van der Waals surface area contributed by atoms with Gasteiger partial charge in [0.1, 0.15) is 17.0 Å². The second kappa shape index (κ2) is 6.49. The Morgan fingerprint density at radius 2 is 2.00 bits per heavy atom. The molecule has 7 nitrogen and oxygen atoms in total. The van der Waals surface area contributed by atoms with Gasteiger partial charge in [-0.3, -0.25) is 0 Å². The molecule has 3 heterocycles. The van der Waals surface area contributed by atoms with Gasteiger partial charge in [-0.05, 0) is 37.8 Å². The van der Waals surface area contributed by atoms with Crippen LogP contribution in [0, 0.1) is 5.92 Å². The van der Waals surface area contributed by atoms with E-state index in [2.05, 4.69) is 21.4 Å². The molecule has 1 unspecified atom stereocenters. The fourth-order valence-corrected chi connectivity index (χ4v) is 3.77. The Hall–Kier alpha value is -2.67. The monoisotopic (exact) mass is 365 g/mol. The van der Waals surface area contributed by atoms with E-state index in [1.54, 1.807) is 12.1 Å². The molecule has 1 saturated heterocycles. The Morgan fingerprint density at radius 1 is 1.19 bits per heavy atom. The maximum absolute atomic E-state index is 9.94. The van der Waals surface area contributed by atoms with Crippen LogP contribution in [0.5, 0.6) is 5.75 Å². The van der Waals surface area contributed by atoms with Gasteiger partial charge in [-0.15, -0.1) is 0 Å². The van der Waals surface area contributed by atoms with Crippen molar-refractivity contribution in [2.24, 2.45) is 5.92 Å². The van der Waals surface area contributed by atoms with E-state index in [4.69, 9.17) is 14.7 Å². The number of rotatable bonds is 4. The number of ether oxygens (including phenoxy) is 1. The number of fused-ring (bicyclic) bond motifs is 1. The van der Waals surface area contributed by atoms with Crippen LogP contribution in [0.15, 0.2) is 30.6 Å². The lowest BCUT2D eigenvalue weighted by molar-refractivity contribution is 0.122. The summed E-state index contributed by atoms with van der Waals surface area (Å²) in [6.45, 7) is 5.15. The molecule has 1 aromatic carbocycles. The molecule has 2 aliphatic rings. The van der Waals surface area contributed by atoms with Crippen molar-refractivity contribution in [3.63, 3.8) is 0 Å². The zero-order valence-electron chi connectivity index (χ0n) is 15.4. The van der Waals surface area contributed by atoms with Crippen molar-refractivity contribution in [1.82, 2.24) is 19.5 Å². The molecule has 3 aromatic rings. The topological polar surface area (TPSA) is 76.3 Å². The molecule has 2 fully saturated rings. The van der Waals surface area contributed by atoms with E-state index < -0.39 is 0 Å². The summed E-state index contributed by atoms with van der Waals surface area (Å²) in [7, 11) is 0. The van der Waals surface area contributed by atoms with Crippen LogP contribution in [-0.2, 0) is 4.74 Å². The number of aromatic nitrogens is 4. The maximum Gasteiger partial charge on any atom is 0.228 e. The number of hydrogen-bond acceptors (Lipinski definition) is 6. The highest BCUT2D eigenvalue weighted by atomic mass is 16.5. The van der Waals surface area contributed by atoms with Gasteiger partial charge in [0.25, 0.3) is 0 Å². The molecule has 2 aromatic heterocycles. The molecule has 1 atom stereocenters. The minimum absolute atomic E-state index is 0.220. The van der Waals surface area contributed by atoms with Gasteiger partial charge in [0.05, 0.1) is 19.5 Å². The third kappa shape index (κ3) is 3.02. The number of benzene rings is 1. The van der Waals surface area contributed by atoms with Gasteiger partial charge in [-0.25, -0.2) is 9.97 Å². The van der Waals surface area contributed by atoms with Crippen LogP contribution in [0.4, 0.5) is 5.95 Å². The molecule has 1 aliphatic carbocycles. The molecule has 0 spiro atoms. The van der Waals surface area contributed by atoms with E-state index in [9.17, 15) is 5.11 Å². The van der Waals surface area contributed by atoms with Gasteiger partial charge in [-0.2, -0.15) is 4.98 Å². The first-order chi connectivity index (χ1) is 13.2. The summed E-state index contributed by atoms with van der Waals surface area (Å²) >= 11 is 0. The maximum atomic E-state index is 9.94. The fraction of sp³-hybridized carbons (Fsp3) is 0.450. The minimum Gasteiger partial charge on any atom is -0.508 e. The SMILES string of the molecule is CC(C1CC1)n1cnc2c(-c3cccc(O)c3)nc(N3CCOCC3)nc21. The van der Waals surface area contributed by atoms with Gasteiger partial charge >= 0.3 is 0 Å². The van der Waals surface area contributed by atoms with Crippen LogP contribution in [0.1, 0.15) is 25.8 Å². The van der Waals surface area contributed by atoms with Crippen LogP contribution >= 0.6 is 0 Å². The Balaban J connectivity index is 1.69. The lowest BCUT2D eigenvalue weighted by Gasteiger charge is -2.27. The Morgan fingerprint density at radius 3 is 2.74 bits per heavy atom. The first-order valence-electron chi connectivity index (χ1n) is 9.57. The van der Waals surface area contributed by atoms with Crippen molar-refractivity contribution in [2.75, 3.05) is 31.2 Å². The lowest BCUT2D eigenvalue weighted by atomic mass is 10.1. The molecular weight excluding hydrogens is 342 g/mol. The van der Waals surface area contributed by atoms with Crippen molar-refractivity contribution >= 4 is 17.1 Å². The van der Waals surface area contributed by atoms with Crippen LogP contribution in [0.25, 0.3) is 22.4 Å². The summed E-state index contributed by atoms with van der Waals surface area (Å²) in [6.07, 6.45) is 4.42. The summed E-state index contributed by atoms with van der Waals surface area (Å²) in [5.41, 5.74) is 3.26. The van der Waals surface area contributed by atoms with Crippen LogP contribution in [-0.4, -0.2) is 50.9 Å². The van der Waals surface area contributed by atoms with E-state index in [1.165, 1.54) is 12.8 Å². The highest BCUT2D eigenvalue weighted by Crippen LogP contribution is 2.41. The molecule has 27 heavy (non-hydrogen) atoms. The van der Waals surface area contributed by atoms with Crippen molar-refractivity contribution in [1.29, 1.82) is 0 Å². The summed E-state index contributed by atoms with van der Waals surface area (Å²) in [6, 6.07) is 7.55. The number of morpholine rings is 1. The highest BCUT2D eigenvalue weighted by molar-refractivity contribution is 5.88. The van der Waals surface area contributed by atoms with Gasteiger partial charge < -0.3 is 19.3 Å². The van der Waals surface area contributed by atoms with Crippen LogP contribution in [0.3, 0.4) is 0 Å². The Labute approximate surface area is 157 Å². The number of aromatic hydroxyl groups is 1. The van der Waals surface area contributed by atoms with E-state index in [0.717, 1.165) is 35.5 Å². The number of phenols is 1. The summed E-state index contributed by atoms with van der Waals surface area (Å²) < 4.78 is 7.66. The summed E-state index contributed by atoms with van der Waals surface area (Å²) in [5, 5.41) is 9.94. The van der Waals surface area contributed by atoms with Gasteiger partial charge in [0, 0.05) is 24.7 Å². The largest absolute Gasteiger partial charge is 0.508 e. The van der Waals surface area contributed by atoms with Crippen LogP contribution in [0.2, 0.25) is 0 Å². The smallest absolute Gasteiger partial charge is 0.228 e. The average molecular weight is 365 g/mol. The number of imidazole rings is 1. The quantitative estimate of drug-likeness (QED) is 0.766. The van der Waals surface area contributed by atoms with Crippen molar-refractivity contribution in [2.45, 2.75) is 25.8 Å². The van der Waals surface area contributed by atoms with Crippen molar-refractivity contribution in [3.8, 4) is 17.0 Å². The van der Waals surface area contributed by atoms with E-state index in [0.29, 0.717) is 31.1 Å². The van der Waals surface area contributed by atoms with Crippen molar-refractivity contribution < 1.29 is 9.84 Å². The molecular formula is C20H23N5O2. The van der Waals surface area contributed by atoms with Gasteiger partial charge in [0.15, 0.2) is 5.65 Å². The normalized spacial score (nSPS) is 18.8. The molecule has 1 N–H and O–H groups in total. The molecule has 0 bridgehead atoms. The number of nitrogens with zero attached hydrogens (tertiary/aromatic N) is 5. The second-order valence-corrected chi connectivity index (χ2v) is 7.42. The molecule has 7 heteroatoms. The van der Waals surface area contributed by atoms with Gasteiger partial charge in [-0.1, -0.05) is 12.1 Å². The fourth-order valence-electron chi connectivity index (χ4n) is 3.77. The zero-order chi connectivity index (χ0) is 18.4. The molecule has 0 amide bonds. The standard InChI is InChI=1S/C20H23N5O2/c1-13(14-5-6-14)25-12-21-18-17(15-3-2-4-16(26)11-15)22-20(23-19(18)25)24-7-9-27-10-8-24/h2-4,11-14,26H,5-10H2,1H3. The number of phenolic OH excluding ortho intramolecular Hbond substituents is 1. The van der Waals surface area contributed by atoms with E-state index in [-0.39, 0.29) is 5.75 Å². The first-order valence-corrected chi connectivity index (χ1v) is 9.57. The lowest BCUT2D eigenvalue weighted by Crippen LogP contribution is -2.37. The molecule has 1 aliphatic heterocycles. The molecule has 1 saturated carbocycles. The van der Waals surface area contributed by atoms with Crippen molar-refractivity contribution in [3.05, 3.63) is 30.6 Å². The molecule has 5 rings (SSSR count). The van der Waals surface area contributed by atoms with Gasteiger partial charge in [0.2, 0.25) is 5.95 Å². The average Bonchev–Trinajstić information content (AvgIpc) is 3.46. The predicted octanol–water partition coefficient (Wildman–Crippen LogP) is 3.01. The highest BCUT2D eigenvalue weighted by Gasteiger charge is 2.31. The second-order valence-electron chi connectivity index (χ2n) is 7.42. The Kier molecular flexibility index (Phi) is 3.97. The number of hydrogen-bond donors (Lipinski definition) is 1. The molecule has 140 valence electrons. The van der Waals surface area contributed by atoms with E-state index >= 15 is 0 Å². The summed E-state index contributed by atoms with van der Waals surface area (Å²) in [5.74, 6) is 1.63. The third-order valence-electron chi connectivity index (χ3n) is 5.57. The Bertz CT molecular complexity index is 976. The number of anilines is 1. The first kappa shape index (κ1) is 16.5. The van der Waals surface area contributed by atoms with Crippen LogP contribution < -0.4 is 4.90 Å². The zero-order valence-corrected chi connectivity index (χ0v) is 15.4. The summed E-state index contributed by atoms with van der Waals surface area (Å²) in [4.78, 5) is 16.6.